The van der Waals surface area contributed by atoms with Crippen LogP contribution < -0.4 is 20.3 Å². The first-order valence-corrected chi connectivity index (χ1v) is 9.44. The van der Waals surface area contributed by atoms with E-state index in [1.54, 1.807) is 37.4 Å². The highest BCUT2D eigenvalue weighted by molar-refractivity contribution is 6.30. The summed E-state index contributed by atoms with van der Waals surface area (Å²) in [5, 5.41) is 6.39. The number of ether oxygens (including phenoxy) is 1. The molecule has 0 bridgehead atoms. The van der Waals surface area contributed by atoms with Crippen LogP contribution in [-0.4, -0.2) is 47.1 Å². The molecule has 0 unspecified atom stereocenters. The SMILES string of the molecule is CNC(=O)c1cccc(Nc2ncnc(N3CC(Oc4ccc(Cl)cc4)C3)n2)c1. The molecule has 1 aliphatic heterocycles. The monoisotopic (exact) mass is 410 g/mol. The lowest BCUT2D eigenvalue weighted by Gasteiger charge is -2.38. The molecule has 29 heavy (non-hydrogen) atoms. The Bertz CT molecular complexity index is 1010. The van der Waals surface area contributed by atoms with E-state index in [9.17, 15) is 4.79 Å². The lowest BCUT2D eigenvalue weighted by Crippen LogP contribution is -2.54. The number of hydrogen-bond acceptors (Lipinski definition) is 7. The number of carbonyl (C=O) groups excluding carboxylic acids is 1. The molecule has 2 N–H and O–H groups in total. The molecule has 2 heterocycles. The van der Waals surface area contributed by atoms with Gasteiger partial charge in [-0.25, -0.2) is 9.97 Å². The average molecular weight is 411 g/mol. The Morgan fingerprint density at radius 2 is 1.97 bits per heavy atom. The number of anilines is 3. The number of nitrogens with one attached hydrogen (secondary N) is 2. The third-order valence-electron chi connectivity index (χ3n) is 4.41. The van der Waals surface area contributed by atoms with Crippen molar-refractivity contribution >= 4 is 35.1 Å². The highest BCUT2D eigenvalue weighted by Gasteiger charge is 2.30. The fraction of sp³-hybridized carbons (Fsp3) is 0.200. The molecule has 8 nitrogen and oxygen atoms in total. The summed E-state index contributed by atoms with van der Waals surface area (Å²) in [4.78, 5) is 26.6. The first-order valence-electron chi connectivity index (χ1n) is 9.06. The maximum Gasteiger partial charge on any atom is 0.251 e. The maximum absolute atomic E-state index is 11.8. The predicted molar refractivity (Wildman–Crippen MR) is 111 cm³/mol. The molecule has 4 rings (SSSR count). The Labute approximate surface area is 172 Å². The van der Waals surface area contributed by atoms with Crippen LogP contribution in [0.5, 0.6) is 5.75 Å². The van der Waals surface area contributed by atoms with E-state index in [4.69, 9.17) is 16.3 Å². The fourth-order valence-corrected chi connectivity index (χ4v) is 3.02. The van der Waals surface area contributed by atoms with Crippen LogP contribution in [0.1, 0.15) is 10.4 Å². The minimum atomic E-state index is -0.155. The van der Waals surface area contributed by atoms with Crippen molar-refractivity contribution in [3.63, 3.8) is 0 Å². The van der Waals surface area contributed by atoms with Gasteiger partial charge in [0.25, 0.3) is 5.91 Å². The summed E-state index contributed by atoms with van der Waals surface area (Å²) < 4.78 is 5.90. The summed E-state index contributed by atoms with van der Waals surface area (Å²) >= 11 is 5.89. The molecule has 1 aromatic heterocycles. The standard InChI is InChI=1S/C20H19ClN6O2/c1-22-18(28)13-3-2-4-15(9-13)25-19-23-12-24-20(26-19)27-10-17(11-27)29-16-7-5-14(21)6-8-16/h2-9,12,17H,10-11H2,1H3,(H,22,28)(H,23,24,25,26). The third-order valence-corrected chi connectivity index (χ3v) is 4.67. The number of aromatic nitrogens is 3. The second-order valence-electron chi connectivity index (χ2n) is 6.49. The van der Waals surface area contributed by atoms with Gasteiger partial charge >= 0.3 is 0 Å². The van der Waals surface area contributed by atoms with E-state index in [0.29, 0.717) is 35.6 Å². The first-order chi connectivity index (χ1) is 14.1. The lowest BCUT2D eigenvalue weighted by molar-refractivity contribution is 0.0963. The van der Waals surface area contributed by atoms with Crippen LogP contribution in [0.4, 0.5) is 17.6 Å². The van der Waals surface area contributed by atoms with Gasteiger partial charge in [-0.2, -0.15) is 4.98 Å². The molecule has 3 aromatic rings. The molecule has 2 aromatic carbocycles. The minimum absolute atomic E-state index is 0.0635. The lowest BCUT2D eigenvalue weighted by atomic mass is 10.2. The van der Waals surface area contributed by atoms with E-state index < -0.39 is 0 Å². The number of halogens is 1. The molecule has 1 aliphatic rings. The van der Waals surface area contributed by atoms with E-state index in [-0.39, 0.29) is 12.0 Å². The van der Waals surface area contributed by atoms with Crippen molar-refractivity contribution in [1.82, 2.24) is 20.3 Å². The van der Waals surface area contributed by atoms with E-state index in [0.717, 1.165) is 11.4 Å². The zero-order chi connectivity index (χ0) is 20.2. The number of amides is 1. The Balaban J connectivity index is 1.37. The summed E-state index contributed by atoms with van der Waals surface area (Å²) in [6.45, 7) is 1.36. The largest absolute Gasteiger partial charge is 0.487 e. The fourth-order valence-electron chi connectivity index (χ4n) is 2.89. The van der Waals surface area contributed by atoms with Gasteiger partial charge in [-0.05, 0) is 42.5 Å². The molecule has 0 aliphatic carbocycles. The van der Waals surface area contributed by atoms with Crippen LogP contribution in [-0.2, 0) is 0 Å². The molecule has 9 heteroatoms. The van der Waals surface area contributed by atoms with Gasteiger partial charge in [0, 0.05) is 23.3 Å². The first kappa shape index (κ1) is 18.9. The van der Waals surface area contributed by atoms with Crippen LogP contribution in [0.3, 0.4) is 0 Å². The van der Waals surface area contributed by atoms with Crippen molar-refractivity contribution in [2.75, 3.05) is 30.4 Å². The van der Waals surface area contributed by atoms with Crippen LogP contribution in [0.2, 0.25) is 5.02 Å². The molecule has 0 radical (unpaired) electrons. The van der Waals surface area contributed by atoms with Crippen LogP contribution in [0.25, 0.3) is 0 Å². The number of nitrogens with zero attached hydrogens (tertiary/aromatic N) is 4. The second kappa shape index (κ2) is 8.32. The van der Waals surface area contributed by atoms with Gasteiger partial charge in [0.05, 0.1) is 13.1 Å². The molecular formula is C20H19ClN6O2. The maximum atomic E-state index is 11.8. The van der Waals surface area contributed by atoms with Gasteiger partial charge in [-0.15, -0.1) is 0 Å². The molecule has 0 saturated carbocycles. The average Bonchev–Trinajstić information content (AvgIpc) is 2.71. The zero-order valence-electron chi connectivity index (χ0n) is 15.7. The Kier molecular flexibility index (Phi) is 5.44. The Morgan fingerprint density at radius 3 is 2.72 bits per heavy atom. The molecular weight excluding hydrogens is 392 g/mol. The second-order valence-corrected chi connectivity index (χ2v) is 6.93. The molecule has 148 valence electrons. The smallest absolute Gasteiger partial charge is 0.251 e. The van der Waals surface area contributed by atoms with Gasteiger partial charge in [-0.3, -0.25) is 4.79 Å². The highest BCUT2D eigenvalue weighted by Crippen LogP contribution is 2.23. The van der Waals surface area contributed by atoms with Crippen molar-refractivity contribution in [3.8, 4) is 5.75 Å². The summed E-state index contributed by atoms with van der Waals surface area (Å²) in [5.74, 6) is 1.61. The number of rotatable bonds is 6. The van der Waals surface area contributed by atoms with Gasteiger partial charge in [0.1, 0.15) is 18.2 Å². The normalized spacial score (nSPS) is 13.5. The van der Waals surface area contributed by atoms with Gasteiger partial charge in [-0.1, -0.05) is 17.7 Å². The molecule has 0 spiro atoms. The van der Waals surface area contributed by atoms with Crippen LogP contribution in [0, 0.1) is 0 Å². The molecule has 1 amide bonds. The summed E-state index contributed by atoms with van der Waals surface area (Å²) in [6.07, 6.45) is 1.52. The third kappa shape index (κ3) is 4.55. The van der Waals surface area contributed by atoms with E-state index in [1.165, 1.54) is 6.33 Å². The van der Waals surface area contributed by atoms with Crippen molar-refractivity contribution in [1.29, 1.82) is 0 Å². The van der Waals surface area contributed by atoms with Crippen molar-refractivity contribution in [3.05, 3.63) is 65.4 Å². The predicted octanol–water partition coefficient (Wildman–Crippen LogP) is 2.90. The Hall–Kier alpha value is -3.39. The van der Waals surface area contributed by atoms with Crippen molar-refractivity contribution < 1.29 is 9.53 Å². The molecule has 1 saturated heterocycles. The van der Waals surface area contributed by atoms with E-state index >= 15 is 0 Å². The highest BCUT2D eigenvalue weighted by atomic mass is 35.5. The summed E-state index contributed by atoms with van der Waals surface area (Å²) in [6, 6.07) is 14.4. The van der Waals surface area contributed by atoms with E-state index in [1.807, 2.05) is 23.1 Å². The minimum Gasteiger partial charge on any atom is -0.487 e. The molecule has 1 fully saturated rings. The molecule has 0 atom stereocenters. The van der Waals surface area contributed by atoms with Gasteiger partial charge < -0.3 is 20.3 Å². The topological polar surface area (TPSA) is 92.3 Å². The van der Waals surface area contributed by atoms with E-state index in [2.05, 4.69) is 25.6 Å². The van der Waals surface area contributed by atoms with Crippen LogP contribution in [0.15, 0.2) is 54.9 Å². The van der Waals surface area contributed by atoms with Crippen molar-refractivity contribution in [2.24, 2.45) is 0 Å². The zero-order valence-corrected chi connectivity index (χ0v) is 16.4. The van der Waals surface area contributed by atoms with Gasteiger partial charge in [0.15, 0.2) is 0 Å². The van der Waals surface area contributed by atoms with Crippen LogP contribution >= 0.6 is 11.6 Å². The number of hydrogen-bond donors (Lipinski definition) is 2. The number of benzene rings is 2. The number of carbonyl (C=O) groups is 1. The summed E-state index contributed by atoms with van der Waals surface area (Å²) in [5.41, 5.74) is 1.27. The van der Waals surface area contributed by atoms with Crippen molar-refractivity contribution in [2.45, 2.75) is 6.10 Å². The quantitative estimate of drug-likeness (QED) is 0.645. The Morgan fingerprint density at radius 1 is 1.17 bits per heavy atom. The summed E-state index contributed by atoms with van der Waals surface area (Å²) in [7, 11) is 1.59. The van der Waals surface area contributed by atoms with Gasteiger partial charge in [0.2, 0.25) is 11.9 Å².